The molecule has 84 valence electrons. The zero-order valence-corrected chi connectivity index (χ0v) is 10.0. The van der Waals surface area contributed by atoms with E-state index in [-0.39, 0.29) is 5.25 Å². The third-order valence-corrected chi connectivity index (χ3v) is 3.86. The first kappa shape index (κ1) is 11.3. The van der Waals surface area contributed by atoms with E-state index in [0.29, 0.717) is 6.54 Å². The first-order chi connectivity index (χ1) is 7.81. The van der Waals surface area contributed by atoms with Gasteiger partial charge in [0.25, 0.3) is 0 Å². The van der Waals surface area contributed by atoms with Gasteiger partial charge < -0.3 is 10.2 Å². The molecule has 16 heavy (non-hydrogen) atoms. The molecule has 0 bridgehead atoms. The lowest BCUT2D eigenvalue weighted by Gasteiger charge is -2.13. The summed E-state index contributed by atoms with van der Waals surface area (Å²) in [6, 6.07) is 12.2. The van der Waals surface area contributed by atoms with Crippen molar-refractivity contribution in [3.63, 3.8) is 0 Å². The summed E-state index contributed by atoms with van der Waals surface area (Å²) in [5.41, 5.74) is 7.06. The predicted molar refractivity (Wildman–Crippen MR) is 67.5 cm³/mol. The fraction of sp³-hybridized carbons (Fsp3) is 0.231. The second-order valence-corrected chi connectivity index (χ2v) is 4.87. The van der Waals surface area contributed by atoms with Crippen LogP contribution in [-0.2, 0) is 0 Å². The molecule has 2 rings (SSSR count). The van der Waals surface area contributed by atoms with E-state index in [0.717, 1.165) is 5.76 Å². The molecule has 0 aliphatic rings. The van der Waals surface area contributed by atoms with Crippen molar-refractivity contribution in [2.45, 2.75) is 17.1 Å². The van der Waals surface area contributed by atoms with Crippen molar-refractivity contribution in [1.82, 2.24) is 0 Å². The van der Waals surface area contributed by atoms with Crippen LogP contribution < -0.4 is 5.73 Å². The van der Waals surface area contributed by atoms with Crippen LogP contribution in [0.2, 0.25) is 0 Å². The average Bonchev–Trinajstić information content (AvgIpc) is 2.81. The van der Waals surface area contributed by atoms with E-state index in [1.165, 1.54) is 10.5 Å². The van der Waals surface area contributed by atoms with Gasteiger partial charge in [0.2, 0.25) is 0 Å². The Bertz CT molecular complexity index is 439. The van der Waals surface area contributed by atoms with Gasteiger partial charge in [-0.1, -0.05) is 18.2 Å². The van der Waals surface area contributed by atoms with Gasteiger partial charge in [-0.05, 0) is 30.7 Å². The molecule has 0 spiro atoms. The van der Waals surface area contributed by atoms with Crippen LogP contribution in [-0.4, -0.2) is 6.54 Å². The number of aryl methyl sites for hydroxylation is 1. The second-order valence-electron chi connectivity index (χ2n) is 3.62. The van der Waals surface area contributed by atoms with Gasteiger partial charge in [-0.3, -0.25) is 0 Å². The summed E-state index contributed by atoms with van der Waals surface area (Å²) in [7, 11) is 0. The van der Waals surface area contributed by atoms with Gasteiger partial charge in [-0.25, -0.2) is 0 Å². The highest BCUT2D eigenvalue weighted by Crippen LogP contribution is 2.36. The fourth-order valence-corrected chi connectivity index (χ4v) is 2.60. The number of benzene rings is 1. The molecule has 1 atom stereocenters. The van der Waals surface area contributed by atoms with Gasteiger partial charge in [0.1, 0.15) is 5.76 Å². The minimum absolute atomic E-state index is 0.191. The van der Waals surface area contributed by atoms with Crippen LogP contribution in [0.3, 0.4) is 0 Å². The molecule has 1 aromatic carbocycles. The van der Waals surface area contributed by atoms with Crippen molar-refractivity contribution in [1.29, 1.82) is 0 Å². The van der Waals surface area contributed by atoms with E-state index >= 15 is 0 Å². The van der Waals surface area contributed by atoms with E-state index in [9.17, 15) is 0 Å². The quantitative estimate of drug-likeness (QED) is 0.823. The molecule has 0 saturated heterocycles. The standard InChI is InChI=1S/C13H15NOS/c1-10-5-2-3-7-12(10)16-13(9-14)11-6-4-8-15-11/h2-8,13H,9,14H2,1H3. The largest absolute Gasteiger partial charge is 0.468 e. The third-order valence-electron chi connectivity index (χ3n) is 2.44. The molecule has 3 heteroatoms. The highest BCUT2D eigenvalue weighted by Gasteiger charge is 2.14. The second kappa shape index (κ2) is 5.23. The molecule has 0 aliphatic heterocycles. The van der Waals surface area contributed by atoms with E-state index in [1.54, 1.807) is 18.0 Å². The van der Waals surface area contributed by atoms with Gasteiger partial charge in [0.15, 0.2) is 0 Å². The number of furan rings is 1. The molecular formula is C13H15NOS. The highest BCUT2D eigenvalue weighted by atomic mass is 32.2. The maximum absolute atomic E-state index is 5.78. The van der Waals surface area contributed by atoms with Gasteiger partial charge in [-0.15, -0.1) is 11.8 Å². The Morgan fingerprint density at radius 3 is 2.69 bits per heavy atom. The highest BCUT2D eigenvalue weighted by molar-refractivity contribution is 7.99. The Hall–Kier alpha value is -1.19. The molecule has 0 fully saturated rings. The summed E-state index contributed by atoms with van der Waals surface area (Å²) in [6.45, 7) is 2.69. The van der Waals surface area contributed by atoms with E-state index in [2.05, 4.69) is 19.1 Å². The molecule has 0 amide bonds. The van der Waals surface area contributed by atoms with Gasteiger partial charge in [0.05, 0.1) is 11.5 Å². The molecular weight excluding hydrogens is 218 g/mol. The number of rotatable bonds is 4. The Kier molecular flexibility index (Phi) is 3.70. The Morgan fingerprint density at radius 1 is 1.25 bits per heavy atom. The number of thioether (sulfide) groups is 1. The number of hydrogen-bond donors (Lipinski definition) is 1. The maximum Gasteiger partial charge on any atom is 0.118 e. The number of nitrogens with two attached hydrogens (primary N) is 1. The molecule has 1 unspecified atom stereocenters. The van der Waals surface area contributed by atoms with E-state index in [4.69, 9.17) is 10.2 Å². The minimum atomic E-state index is 0.191. The van der Waals surface area contributed by atoms with Gasteiger partial charge in [0, 0.05) is 11.4 Å². The maximum atomic E-state index is 5.78. The lowest BCUT2D eigenvalue weighted by atomic mass is 10.2. The molecule has 0 saturated carbocycles. The minimum Gasteiger partial charge on any atom is -0.468 e. The molecule has 0 radical (unpaired) electrons. The fourth-order valence-electron chi connectivity index (χ4n) is 1.54. The van der Waals surface area contributed by atoms with Crippen LogP contribution in [0.5, 0.6) is 0 Å². The monoisotopic (exact) mass is 233 g/mol. The van der Waals surface area contributed by atoms with Crippen LogP contribution in [0.15, 0.2) is 52.0 Å². The van der Waals surface area contributed by atoms with Crippen LogP contribution in [0.25, 0.3) is 0 Å². The lowest BCUT2D eigenvalue weighted by molar-refractivity contribution is 0.507. The first-order valence-corrected chi connectivity index (χ1v) is 6.15. The first-order valence-electron chi connectivity index (χ1n) is 5.27. The zero-order chi connectivity index (χ0) is 11.4. The predicted octanol–water partition coefficient (Wildman–Crippen LogP) is 3.38. The summed E-state index contributed by atoms with van der Waals surface area (Å²) < 4.78 is 5.40. The lowest BCUT2D eigenvalue weighted by Crippen LogP contribution is -2.08. The van der Waals surface area contributed by atoms with Crippen molar-refractivity contribution in [2.75, 3.05) is 6.54 Å². The van der Waals surface area contributed by atoms with E-state index in [1.807, 2.05) is 24.3 Å². The van der Waals surface area contributed by atoms with Crippen LogP contribution >= 0.6 is 11.8 Å². The average molecular weight is 233 g/mol. The molecule has 1 aromatic heterocycles. The zero-order valence-electron chi connectivity index (χ0n) is 9.22. The molecule has 2 N–H and O–H groups in total. The van der Waals surface area contributed by atoms with Crippen LogP contribution in [0, 0.1) is 6.92 Å². The summed E-state index contributed by atoms with van der Waals surface area (Å²) in [5.74, 6) is 0.941. The molecule has 2 aromatic rings. The summed E-state index contributed by atoms with van der Waals surface area (Å²) in [4.78, 5) is 1.26. The van der Waals surface area contributed by atoms with Crippen molar-refractivity contribution in [3.8, 4) is 0 Å². The molecule has 0 aliphatic carbocycles. The van der Waals surface area contributed by atoms with Crippen LogP contribution in [0.1, 0.15) is 16.6 Å². The van der Waals surface area contributed by atoms with Crippen molar-refractivity contribution >= 4 is 11.8 Å². The Labute approximate surface area is 99.8 Å². The van der Waals surface area contributed by atoms with Crippen molar-refractivity contribution in [2.24, 2.45) is 5.73 Å². The van der Waals surface area contributed by atoms with Crippen LogP contribution in [0.4, 0.5) is 0 Å². The van der Waals surface area contributed by atoms with Gasteiger partial charge >= 0.3 is 0 Å². The summed E-state index contributed by atoms with van der Waals surface area (Å²) in [6.07, 6.45) is 1.69. The van der Waals surface area contributed by atoms with Gasteiger partial charge in [-0.2, -0.15) is 0 Å². The Morgan fingerprint density at radius 2 is 2.06 bits per heavy atom. The third kappa shape index (κ3) is 2.49. The molecule has 1 heterocycles. The van der Waals surface area contributed by atoms with Crippen molar-refractivity contribution < 1.29 is 4.42 Å². The Balaban J connectivity index is 2.17. The molecule has 2 nitrogen and oxygen atoms in total. The number of hydrogen-bond acceptors (Lipinski definition) is 3. The SMILES string of the molecule is Cc1ccccc1SC(CN)c1ccco1. The van der Waals surface area contributed by atoms with E-state index < -0.39 is 0 Å². The smallest absolute Gasteiger partial charge is 0.118 e. The summed E-state index contributed by atoms with van der Waals surface area (Å²) in [5, 5.41) is 0.191. The topological polar surface area (TPSA) is 39.2 Å². The van der Waals surface area contributed by atoms with Crippen molar-refractivity contribution in [3.05, 3.63) is 54.0 Å². The summed E-state index contributed by atoms with van der Waals surface area (Å²) >= 11 is 1.75. The normalized spacial score (nSPS) is 12.6.